The van der Waals surface area contributed by atoms with Crippen molar-refractivity contribution in [1.29, 1.82) is 5.41 Å². The molecule has 1 aromatic rings. The van der Waals surface area contributed by atoms with Gasteiger partial charge in [0.1, 0.15) is 17.3 Å². The number of nitrogens with one attached hydrogen (secondary N) is 2. The number of rotatable bonds is 11. The molecule has 8 nitrogen and oxygen atoms in total. The van der Waals surface area contributed by atoms with E-state index in [1.807, 2.05) is 6.92 Å². The molecule has 4 atom stereocenters. The number of alkyl halides is 1. The van der Waals surface area contributed by atoms with Crippen molar-refractivity contribution in [1.82, 2.24) is 9.97 Å². The van der Waals surface area contributed by atoms with E-state index in [-0.39, 0.29) is 17.5 Å². The molecule has 0 saturated carbocycles. The molecule has 0 spiro atoms. The van der Waals surface area contributed by atoms with Crippen molar-refractivity contribution in [3.05, 3.63) is 17.7 Å². The summed E-state index contributed by atoms with van der Waals surface area (Å²) in [7, 11) is 0. The maximum atomic E-state index is 15.5. The number of aromatic amines is 1. The molecule has 176 valence electrons. The Labute approximate surface area is 191 Å². The summed E-state index contributed by atoms with van der Waals surface area (Å²) in [6, 6.07) is 0. The summed E-state index contributed by atoms with van der Waals surface area (Å²) in [5, 5.41) is 19.5. The van der Waals surface area contributed by atoms with Crippen LogP contribution in [-0.2, 0) is 20.0 Å². The van der Waals surface area contributed by atoms with Crippen molar-refractivity contribution in [3.63, 3.8) is 0 Å². The van der Waals surface area contributed by atoms with Crippen LogP contribution in [0.4, 0.5) is 4.39 Å². The van der Waals surface area contributed by atoms with Crippen LogP contribution >= 0.6 is 23.5 Å². The Bertz CT molecular complexity index is 736. The van der Waals surface area contributed by atoms with Gasteiger partial charge in [-0.1, -0.05) is 38.5 Å². The number of hydrogen-bond acceptors (Lipinski definition) is 8. The van der Waals surface area contributed by atoms with Gasteiger partial charge in [0.2, 0.25) is 5.79 Å². The van der Waals surface area contributed by atoms with E-state index in [2.05, 4.69) is 21.9 Å². The largest absolute Gasteiger partial charge is 0.379 e. The number of aromatic nitrogens is 2. The minimum absolute atomic E-state index is 0.0765. The van der Waals surface area contributed by atoms with Gasteiger partial charge in [0, 0.05) is 13.2 Å². The predicted molar refractivity (Wildman–Crippen MR) is 124 cm³/mol. The Morgan fingerprint density at radius 1 is 1.32 bits per heavy atom. The SMILES string of the molecule is CCCCOC[C@H]1O[C@@](O)(c2cnc(C(=NC(=N)SC)SC)[nH]2)[C@H](F)[C@@H]1OCCCC. The monoisotopic (exact) mass is 476 g/mol. The normalized spacial score (nSPS) is 26.5. The van der Waals surface area contributed by atoms with Crippen LogP contribution in [0.25, 0.3) is 0 Å². The first-order valence-corrected chi connectivity index (χ1v) is 12.9. The van der Waals surface area contributed by atoms with E-state index in [4.69, 9.17) is 19.6 Å². The summed E-state index contributed by atoms with van der Waals surface area (Å²) >= 11 is 2.49. The molecule has 1 aliphatic heterocycles. The molecule has 0 aromatic carbocycles. The van der Waals surface area contributed by atoms with E-state index in [0.717, 1.165) is 25.7 Å². The summed E-state index contributed by atoms with van der Waals surface area (Å²) in [4.78, 5) is 11.3. The molecule has 0 radical (unpaired) electrons. The minimum Gasteiger partial charge on any atom is -0.379 e. The Kier molecular flexibility index (Phi) is 10.9. The van der Waals surface area contributed by atoms with Gasteiger partial charge in [-0.15, -0.1) is 11.8 Å². The number of hydrogen-bond donors (Lipinski definition) is 3. The second-order valence-corrected chi connectivity index (χ2v) is 8.74. The Morgan fingerprint density at radius 3 is 2.68 bits per heavy atom. The number of aliphatic imine (C=N–C) groups is 1. The molecular weight excluding hydrogens is 443 g/mol. The highest BCUT2D eigenvalue weighted by Gasteiger charge is 2.58. The summed E-state index contributed by atoms with van der Waals surface area (Å²) in [5.41, 5.74) is 0.0765. The molecule has 0 amide bonds. The van der Waals surface area contributed by atoms with Crippen LogP contribution in [0.2, 0.25) is 0 Å². The van der Waals surface area contributed by atoms with Crippen LogP contribution in [0.1, 0.15) is 51.0 Å². The number of amidine groups is 1. The van der Waals surface area contributed by atoms with Gasteiger partial charge in [0.05, 0.1) is 18.5 Å². The molecule has 2 heterocycles. The van der Waals surface area contributed by atoms with E-state index < -0.39 is 24.2 Å². The molecule has 1 saturated heterocycles. The second kappa shape index (κ2) is 12.9. The van der Waals surface area contributed by atoms with Crippen LogP contribution in [-0.4, -0.2) is 76.0 Å². The Hall–Kier alpha value is -0.980. The molecule has 0 unspecified atom stereocenters. The smallest absolute Gasteiger partial charge is 0.244 e. The highest BCUT2D eigenvalue weighted by molar-refractivity contribution is 8.15. The van der Waals surface area contributed by atoms with Gasteiger partial charge in [0.15, 0.2) is 17.2 Å². The summed E-state index contributed by atoms with van der Waals surface area (Å²) in [6.45, 7) is 5.13. The van der Waals surface area contributed by atoms with Gasteiger partial charge in [-0.25, -0.2) is 14.4 Å². The molecule has 11 heteroatoms. The van der Waals surface area contributed by atoms with Gasteiger partial charge in [0.25, 0.3) is 0 Å². The Morgan fingerprint density at radius 2 is 2.03 bits per heavy atom. The zero-order chi connectivity index (χ0) is 22.9. The van der Waals surface area contributed by atoms with Gasteiger partial charge in [-0.05, 0) is 25.4 Å². The maximum Gasteiger partial charge on any atom is 0.244 e. The van der Waals surface area contributed by atoms with Crippen LogP contribution in [0.5, 0.6) is 0 Å². The lowest BCUT2D eigenvalue weighted by atomic mass is 10.0. The van der Waals surface area contributed by atoms with Crippen LogP contribution in [0.3, 0.4) is 0 Å². The lowest BCUT2D eigenvalue weighted by Crippen LogP contribution is -2.39. The van der Waals surface area contributed by atoms with Gasteiger partial charge in [-0.3, -0.25) is 5.41 Å². The number of aliphatic hydroxyl groups is 1. The molecule has 3 N–H and O–H groups in total. The molecule has 31 heavy (non-hydrogen) atoms. The van der Waals surface area contributed by atoms with Crippen molar-refractivity contribution < 1.29 is 23.7 Å². The van der Waals surface area contributed by atoms with E-state index in [1.54, 1.807) is 12.5 Å². The number of thioether (sulfide) groups is 2. The number of ether oxygens (including phenoxy) is 3. The quantitative estimate of drug-likeness (QED) is 0.254. The standard InChI is InChI=1S/C20H33FN4O4S2/c1-5-7-9-27-12-13-15(28-10-8-6-2)16(21)20(26,29-13)14-11-23-17(24-14)18(30-3)25-19(22)31-4/h11,13,15-16,22,26H,5-10,12H2,1-4H3,(H,23,24)/t13-,15-,16-,20+/m1/s1. The number of imidazole rings is 1. The molecule has 2 rings (SSSR count). The number of unbranched alkanes of at least 4 members (excludes halogenated alkanes) is 2. The molecule has 1 fully saturated rings. The number of nitrogens with zero attached hydrogens (tertiary/aromatic N) is 2. The van der Waals surface area contributed by atoms with Crippen LogP contribution in [0, 0.1) is 5.41 Å². The maximum absolute atomic E-state index is 15.5. The topological polar surface area (TPSA) is 113 Å². The summed E-state index contributed by atoms with van der Waals surface area (Å²) in [5.74, 6) is -1.91. The molecular formula is C20H33FN4O4S2. The van der Waals surface area contributed by atoms with Crippen molar-refractivity contribution in [3.8, 4) is 0 Å². The van der Waals surface area contributed by atoms with Crippen LogP contribution in [0.15, 0.2) is 11.2 Å². The summed E-state index contributed by atoms with van der Waals surface area (Å²) in [6.07, 6.45) is 4.94. The zero-order valence-electron chi connectivity index (χ0n) is 18.5. The van der Waals surface area contributed by atoms with E-state index in [9.17, 15) is 5.11 Å². The van der Waals surface area contributed by atoms with E-state index >= 15 is 4.39 Å². The Balaban J connectivity index is 2.22. The lowest BCUT2D eigenvalue weighted by Gasteiger charge is -2.23. The summed E-state index contributed by atoms with van der Waals surface area (Å²) < 4.78 is 32.6. The third kappa shape index (κ3) is 6.75. The fourth-order valence-corrected chi connectivity index (χ4v) is 3.78. The average molecular weight is 477 g/mol. The van der Waals surface area contributed by atoms with Crippen molar-refractivity contribution in [2.45, 2.75) is 63.7 Å². The van der Waals surface area contributed by atoms with E-state index in [0.29, 0.717) is 24.1 Å². The minimum atomic E-state index is -2.24. The van der Waals surface area contributed by atoms with Gasteiger partial charge >= 0.3 is 0 Å². The average Bonchev–Trinajstić information content (AvgIpc) is 3.35. The van der Waals surface area contributed by atoms with Crippen molar-refractivity contribution in [2.24, 2.45) is 4.99 Å². The van der Waals surface area contributed by atoms with Gasteiger partial charge < -0.3 is 24.3 Å². The highest BCUT2D eigenvalue weighted by atomic mass is 32.2. The lowest BCUT2D eigenvalue weighted by molar-refractivity contribution is -0.231. The highest BCUT2D eigenvalue weighted by Crippen LogP contribution is 2.40. The molecule has 1 aromatic heterocycles. The fourth-order valence-electron chi connectivity index (χ4n) is 3.06. The third-order valence-corrected chi connectivity index (χ3v) is 6.00. The predicted octanol–water partition coefficient (Wildman–Crippen LogP) is 3.70. The molecule has 0 aliphatic carbocycles. The second-order valence-electron chi connectivity index (χ2n) is 7.15. The first-order chi connectivity index (χ1) is 14.9. The zero-order valence-corrected chi connectivity index (χ0v) is 20.2. The first kappa shape index (κ1) is 26.3. The molecule has 1 aliphatic rings. The third-order valence-electron chi connectivity index (χ3n) is 4.85. The number of halogens is 1. The first-order valence-electron chi connectivity index (χ1n) is 10.5. The van der Waals surface area contributed by atoms with Gasteiger partial charge in [-0.2, -0.15) is 0 Å². The van der Waals surface area contributed by atoms with Crippen LogP contribution < -0.4 is 0 Å². The van der Waals surface area contributed by atoms with Crippen molar-refractivity contribution in [2.75, 3.05) is 32.3 Å². The van der Waals surface area contributed by atoms with E-state index in [1.165, 1.54) is 29.7 Å². The molecule has 0 bridgehead atoms. The number of H-pyrrole nitrogens is 1. The van der Waals surface area contributed by atoms with Crippen molar-refractivity contribution >= 4 is 33.7 Å². The fraction of sp³-hybridized carbons (Fsp3) is 0.750.